The summed E-state index contributed by atoms with van der Waals surface area (Å²) in [5, 5.41) is 14.7. The third-order valence-electron chi connectivity index (χ3n) is 7.67. The molecule has 1 atom stereocenters. The minimum absolute atomic E-state index is 0.0181. The van der Waals surface area contributed by atoms with Crippen molar-refractivity contribution in [2.24, 2.45) is 11.8 Å². The van der Waals surface area contributed by atoms with Crippen LogP contribution >= 0.6 is 0 Å². The average Bonchev–Trinajstić information content (AvgIpc) is 3.41. The van der Waals surface area contributed by atoms with Crippen molar-refractivity contribution < 1.29 is 14.3 Å². The number of amides is 1. The zero-order valence-electron chi connectivity index (χ0n) is 17.8. The van der Waals surface area contributed by atoms with E-state index in [4.69, 9.17) is 4.42 Å². The van der Waals surface area contributed by atoms with E-state index < -0.39 is 5.60 Å². The molecule has 162 valence electrons. The van der Waals surface area contributed by atoms with E-state index in [0.29, 0.717) is 5.56 Å². The first-order valence-corrected chi connectivity index (χ1v) is 11.9. The topological polar surface area (TPSA) is 65.7 Å². The number of furan rings is 1. The van der Waals surface area contributed by atoms with Crippen LogP contribution in [0.1, 0.15) is 82.6 Å². The molecule has 0 bridgehead atoms. The molecule has 1 aliphatic heterocycles. The predicted octanol–water partition coefficient (Wildman–Crippen LogP) is 4.21. The normalized spacial score (nSPS) is 25.6. The molecule has 2 N–H and O–H groups in total. The number of hydrogen-bond donors (Lipinski definition) is 2. The van der Waals surface area contributed by atoms with Gasteiger partial charge in [-0.05, 0) is 50.5 Å². The highest BCUT2D eigenvalue weighted by Crippen LogP contribution is 2.41. The highest BCUT2D eigenvalue weighted by atomic mass is 16.3. The SMILES string of the molecule is O=C(NC1CCN(CC2CCCCCC2)CC1)C(O)(c1ccoc1)C1CCCC1. The summed E-state index contributed by atoms with van der Waals surface area (Å²) in [6, 6.07) is 1.90. The first-order valence-electron chi connectivity index (χ1n) is 11.9. The Labute approximate surface area is 175 Å². The number of piperidine rings is 1. The Morgan fingerprint density at radius 3 is 2.31 bits per heavy atom. The van der Waals surface area contributed by atoms with Gasteiger partial charge in [0.1, 0.15) is 0 Å². The lowest BCUT2D eigenvalue weighted by atomic mass is 9.80. The monoisotopic (exact) mass is 402 g/mol. The molecule has 2 heterocycles. The summed E-state index contributed by atoms with van der Waals surface area (Å²) in [7, 11) is 0. The van der Waals surface area contributed by atoms with Gasteiger partial charge in [-0.1, -0.05) is 38.5 Å². The summed E-state index contributed by atoms with van der Waals surface area (Å²) < 4.78 is 5.21. The second-order valence-corrected chi connectivity index (χ2v) is 9.67. The van der Waals surface area contributed by atoms with Crippen LogP contribution in [-0.4, -0.2) is 41.6 Å². The largest absolute Gasteiger partial charge is 0.472 e. The van der Waals surface area contributed by atoms with Gasteiger partial charge < -0.3 is 19.7 Å². The fourth-order valence-electron chi connectivity index (χ4n) is 5.84. The molecule has 0 aromatic carbocycles. The van der Waals surface area contributed by atoms with Crippen molar-refractivity contribution in [3.8, 4) is 0 Å². The smallest absolute Gasteiger partial charge is 0.257 e. The Morgan fingerprint density at radius 2 is 1.69 bits per heavy atom. The van der Waals surface area contributed by atoms with Gasteiger partial charge >= 0.3 is 0 Å². The average molecular weight is 403 g/mol. The van der Waals surface area contributed by atoms with Crippen molar-refractivity contribution in [2.45, 2.75) is 88.7 Å². The number of aliphatic hydroxyl groups is 1. The third-order valence-corrected chi connectivity index (χ3v) is 7.67. The van der Waals surface area contributed by atoms with Crippen molar-refractivity contribution in [3.05, 3.63) is 24.2 Å². The van der Waals surface area contributed by atoms with Crippen LogP contribution in [0.15, 0.2) is 23.0 Å². The van der Waals surface area contributed by atoms with Crippen LogP contribution in [0.3, 0.4) is 0 Å². The number of hydrogen-bond acceptors (Lipinski definition) is 4. The lowest BCUT2D eigenvalue weighted by Crippen LogP contribution is -2.54. The van der Waals surface area contributed by atoms with Crippen LogP contribution in [0.5, 0.6) is 0 Å². The van der Waals surface area contributed by atoms with Crippen molar-refractivity contribution in [1.29, 1.82) is 0 Å². The maximum absolute atomic E-state index is 13.2. The fourth-order valence-corrected chi connectivity index (χ4v) is 5.84. The van der Waals surface area contributed by atoms with Crippen molar-refractivity contribution in [2.75, 3.05) is 19.6 Å². The van der Waals surface area contributed by atoms with Crippen molar-refractivity contribution in [1.82, 2.24) is 10.2 Å². The van der Waals surface area contributed by atoms with Gasteiger partial charge in [-0.25, -0.2) is 0 Å². The number of carbonyl (C=O) groups is 1. The molecule has 1 amide bonds. The molecule has 2 saturated carbocycles. The van der Waals surface area contributed by atoms with E-state index in [0.717, 1.165) is 57.5 Å². The van der Waals surface area contributed by atoms with Gasteiger partial charge in [-0.3, -0.25) is 4.79 Å². The molecule has 0 spiro atoms. The summed E-state index contributed by atoms with van der Waals surface area (Å²) in [6.45, 7) is 3.33. The number of nitrogens with zero attached hydrogens (tertiary/aromatic N) is 1. The Hall–Kier alpha value is -1.33. The molecule has 5 heteroatoms. The second kappa shape index (κ2) is 9.65. The second-order valence-electron chi connectivity index (χ2n) is 9.67. The number of rotatable bonds is 6. The summed E-state index contributed by atoms with van der Waals surface area (Å²) in [5.41, 5.74) is -0.853. The zero-order valence-corrected chi connectivity index (χ0v) is 17.8. The van der Waals surface area contributed by atoms with Crippen LogP contribution in [0, 0.1) is 11.8 Å². The summed E-state index contributed by atoms with van der Waals surface area (Å²) in [5.74, 6) is 0.612. The molecule has 0 radical (unpaired) electrons. The fraction of sp³-hybridized carbons (Fsp3) is 0.792. The van der Waals surface area contributed by atoms with Gasteiger partial charge in [0.05, 0.1) is 12.5 Å². The lowest BCUT2D eigenvalue weighted by Gasteiger charge is -2.37. The Bertz CT molecular complexity index is 625. The summed E-state index contributed by atoms with van der Waals surface area (Å²) in [6.07, 6.45) is 17.4. The molecular weight excluding hydrogens is 364 g/mol. The van der Waals surface area contributed by atoms with Crippen LogP contribution in [0.2, 0.25) is 0 Å². The Morgan fingerprint density at radius 1 is 1.03 bits per heavy atom. The Balaban J connectivity index is 1.31. The minimum atomic E-state index is -1.46. The van der Waals surface area contributed by atoms with Gasteiger partial charge in [0.25, 0.3) is 5.91 Å². The lowest BCUT2D eigenvalue weighted by molar-refractivity contribution is -0.148. The molecule has 1 saturated heterocycles. The molecule has 1 unspecified atom stereocenters. The number of likely N-dealkylation sites (tertiary alicyclic amines) is 1. The van der Waals surface area contributed by atoms with Crippen LogP contribution in [-0.2, 0) is 10.4 Å². The summed E-state index contributed by atoms with van der Waals surface area (Å²) >= 11 is 0. The third kappa shape index (κ3) is 4.88. The van der Waals surface area contributed by atoms with Crippen LogP contribution < -0.4 is 5.32 Å². The molecular formula is C24H38N2O3. The minimum Gasteiger partial charge on any atom is -0.472 e. The van der Waals surface area contributed by atoms with E-state index in [1.165, 1.54) is 51.3 Å². The zero-order chi connectivity index (χ0) is 20.1. The maximum Gasteiger partial charge on any atom is 0.257 e. The van der Waals surface area contributed by atoms with Gasteiger partial charge in [-0.2, -0.15) is 0 Å². The standard InChI is InChI=1S/C24H38N2O3/c27-23(24(28,20-9-5-6-10-20)21-13-16-29-18-21)25-22-11-14-26(15-12-22)17-19-7-3-1-2-4-8-19/h13,16,18-20,22,28H,1-12,14-15,17H2,(H,25,27). The molecule has 1 aromatic heterocycles. The van der Waals surface area contributed by atoms with Gasteiger partial charge in [0.15, 0.2) is 5.60 Å². The highest BCUT2D eigenvalue weighted by molar-refractivity contribution is 5.87. The first kappa shape index (κ1) is 20.9. The molecule has 2 aliphatic carbocycles. The molecule has 3 aliphatic rings. The van der Waals surface area contributed by atoms with E-state index in [2.05, 4.69) is 10.2 Å². The number of nitrogens with one attached hydrogen (secondary N) is 1. The summed E-state index contributed by atoms with van der Waals surface area (Å²) in [4.78, 5) is 15.8. The van der Waals surface area contributed by atoms with E-state index in [9.17, 15) is 9.90 Å². The van der Waals surface area contributed by atoms with Crippen molar-refractivity contribution in [3.63, 3.8) is 0 Å². The van der Waals surface area contributed by atoms with Gasteiger partial charge in [-0.15, -0.1) is 0 Å². The molecule has 5 nitrogen and oxygen atoms in total. The molecule has 4 rings (SSSR count). The quantitative estimate of drug-likeness (QED) is 0.700. The molecule has 3 fully saturated rings. The highest BCUT2D eigenvalue weighted by Gasteiger charge is 2.47. The van der Waals surface area contributed by atoms with E-state index >= 15 is 0 Å². The number of carbonyl (C=O) groups excluding carboxylic acids is 1. The van der Waals surface area contributed by atoms with Crippen molar-refractivity contribution >= 4 is 5.91 Å². The molecule has 29 heavy (non-hydrogen) atoms. The van der Waals surface area contributed by atoms with Gasteiger partial charge in [0, 0.05) is 37.2 Å². The van der Waals surface area contributed by atoms with E-state index in [-0.39, 0.29) is 17.9 Å². The van der Waals surface area contributed by atoms with Gasteiger partial charge in [0.2, 0.25) is 0 Å². The van der Waals surface area contributed by atoms with Crippen LogP contribution in [0.4, 0.5) is 0 Å². The van der Waals surface area contributed by atoms with E-state index in [1.54, 1.807) is 12.3 Å². The first-order chi connectivity index (χ1) is 14.2. The maximum atomic E-state index is 13.2. The predicted molar refractivity (Wildman–Crippen MR) is 113 cm³/mol. The van der Waals surface area contributed by atoms with Crippen LogP contribution in [0.25, 0.3) is 0 Å². The van der Waals surface area contributed by atoms with E-state index in [1.807, 2.05) is 0 Å². The Kier molecular flexibility index (Phi) is 6.96. The molecule has 1 aromatic rings.